The number of hydrogen-bond donors (Lipinski definition) is 1. The molecular formula is C14H23NS. The molecule has 1 aliphatic carbocycles. The van der Waals surface area contributed by atoms with Crippen molar-refractivity contribution in [3.63, 3.8) is 0 Å². The van der Waals surface area contributed by atoms with Gasteiger partial charge in [0.25, 0.3) is 0 Å². The van der Waals surface area contributed by atoms with E-state index in [4.69, 9.17) is 5.73 Å². The van der Waals surface area contributed by atoms with E-state index in [9.17, 15) is 0 Å². The molecule has 2 rings (SSSR count). The van der Waals surface area contributed by atoms with Crippen LogP contribution in [-0.2, 0) is 5.54 Å². The molecule has 2 N–H and O–H groups in total. The van der Waals surface area contributed by atoms with E-state index in [0.717, 1.165) is 18.8 Å². The molecule has 1 nitrogen and oxygen atoms in total. The topological polar surface area (TPSA) is 26.0 Å². The van der Waals surface area contributed by atoms with Gasteiger partial charge in [0.05, 0.1) is 0 Å². The Morgan fingerprint density at radius 3 is 2.56 bits per heavy atom. The summed E-state index contributed by atoms with van der Waals surface area (Å²) in [5.74, 6) is 0.730. The van der Waals surface area contributed by atoms with Gasteiger partial charge in [-0.1, -0.05) is 20.8 Å². The number of nitrogens with two attached hydrogens (primary N) is 1. The smallest absolute Gasteiger partial charge is 0.0428 e. The van der Waals surface area contributed by atoms with Crippen molar-refractivity contribution in [1.29, 1.82) is 0 Å². The van der Waals surface area contributed by atoms with Gasteiger partial charge in [0, 0.05) is 10.4 Å². The first-order valence-corrected chi connectivity index (χ1v) is 7.04. The van der Waals surface area contributed by atoms with E-state index in [2.05, 4.69) is 39.1 Å². The maximum Gasteiger partial charge on any atom is 0.0428 e. The molecular weight excluding hydrogens is 214 g/mol. The van der Waals surface area contributed by atoms with E-state index in [0.29, 0.717) is 5.41 Å². The molecule has 1 aliphatic rings. The average molecular weight is 237 g/mol. The maximum absolute atomic E-state index is 6.70. The third-order valence-electron chi connectivity index (χ3n) is 3.80. The minimum Gasteiger partial charge on any atom is -0.321 e. The second kappa shape index (κ2) is 3.85. The second-order valence-electron chi connectivity index (χ2n) is 6.40. The third kappa shape index (κ3) is 2.18. The van der Waals surface area contributed by atoms with Crippen LogP contribution in [0.5, 0.6) is 0 Å². The van der Waals surface area contributed by atoms with Crippen LogP contribution in [0.4, 0.5) is 0 Å². The Balaban J connectivity index is 2.34. The summed E-state index contributed by atoms with van der Waals surface area (Å²) in [5.41, 5.74) is 8.37. The van der Waals surface area contributed by atoms with E-state index in [-0.39, 0.29) is 5.54 Å². The van der Waals surface area contributed by atoms with Crippen LogP contribution in [-0.4, -0.2) is 0 Å². The highest BCUT2D eigenvalue weighted by Gasteiger charge is 2.42. The number of hydrogen-bond acceptors (Lipinski definition) is 2. The average Bonchev–Trinajstić information content (AvgIpc) is 2.46. The molecule has 0 aromatic carbocycles. The van der Waals surface area contributed by atoms with Crippen molar-refractivity contribution in [2.75, 3.05) is 0 Å². The van der Waals surface area contributed by atoms with Crippen molar-refractivity contribution < 1.29 is 0 Å². The van der Waals surface area contributed by atoms with E-state index < -0.39 is 0 Å². The van der Waals surface area contributed by atoms with Gasteiger partial charge in [0.2, 0.25) is 0 Å². The van der Waals surface area contributed by atoms with Gasteiger partial charge < -0.3 is 5.73 Å². The summed E-state index contributed by atoms with van der Waals surface area (Å²) < 4.78 is 0. The molecule has 0 saturated heterocycles. The van der Waals surface area contributed by atoms with Crippen LogP contribution in [0.1, 0.15) is 50.5 Å². The summed E-state index contributed by atoms with van der Waals surface area (Å²) in [5, 5.41) is 2.17. The van der Waals surface area contributed by atoms with Gasteiger partial charge in [-0.05, 0) is 54.5 Å². The summed E-state index contributed by atoms with van der Waals surface area (Å²) in [7, 11) is 0. The van der Waals surface area contributed by atoms with Gasteiger partial charge in [0.1, 0.15) is 0 Å². The monoisotopic (exact) mass is 237 g/mol. The molecule has 2 atom stereocenters. The largest absolute Gasteiger partial charge is 0.321 e. The normalized spacial score (nSPS) is 33.9. The fourth-order valence-corrected chi connectivity index (χ4v) is 4.55. The Morgan fingerprint density at radius 2 is 2.06 bits per heavy atom. The van der Waals surface area contributed by atoms with E-state index in [1.54, 1.807) is 0 Å². The molecule has 1 aromatic heterocycles. The number of rotatable bonds is 1. The molecule has 0 radical (unpaired) electrons. The molecule has 1 fully saturated rings. The fourth-order valence-electron chi connectivity index (χ4n) is 3.74. The lowest BCUT2D eigenvalue weighted by molar-refractivity contribution is 0.107. The molecule has 2 heteroatoms. The van der Waals surface area contributed by atoms with Crippen molar-refractivity contribution in [2.24, 2.45) is 17.1 Å². The Kier molecular flexibility index (Phi) is 2.92. The molecule has 16 heavy (non-hydrogen) atoms. The quantitative estimate of drug-likeness (QED) is 0.783. The Labute approximate surface area is 103 Å². The lowest BCUT2D eigenvalue weighted by Gasteiger charge is -2.46. The van der Waals surface area contributed by atoms with Crippen molar-refractivity contribution in [2.45, 2.75) is 52.5 Å². The highest BCUT2D eigenvalue weighted by atomic mass is 32.1. The number of thiophene rings is 1. The first kappa shape index (κ1) is 12.1. The van der Waals surface area contributed by atoms with Gasteiger partial charge in [-0.2, -0.15) is 0 Å². The Bertz CT molecular complexity index is 380. The van der Waals surface area contributed by atoms with Gasteiger partial charge in [-0.3, -0.25) is 0 Å². The molecule has 90 valence electrons. The molecule has 0 bridgehead atoms. The van der Waals surface area contributed by atoms with Crippen molar-refractivity contribution >= 4 is 11.3 Å². The van der Waals surface area contributed by atoms with Gasteiger partial charge >= 0.3 is 0 Å². The number of aryl methyl sites for hydroxylation is 1. The minimum atomic E-state index is -0.0920. The summed E-state index contributed by atoms with van der Waals surface area (Å²) in [6.45, 7) is 9.24. The van der Waals surface area contributed by atoms with Crippen LogP contribution < -0.4 is 5.73 Å². The summed E-state index contributed by atoms with van der Waals surface area (Å²) >= 11 is 1.82. The van der Waals surface area contributed by atoms with Crippen LogP contribution >= 0.6 is 11.3 Å². The second-order valence-corrected chi connectivity index (χ2v) is 7.52. The Morgan fingerprint density at radius 1 is 1.38 bits per heavy atom. The van der Waals surface area contributed by atoms with Gasteiger partial charge in [-0.25, -0.2) is 0 Å². The maximum atomic E-state index is 6.70. The van der Waals surface area contributed by atoms with E-state index in [1.807, 2.05) is 11.3 Å². The molecule has 0 spiro atoms. The highest BCUT2D eigenvalue weighted by Crippen LogP contribution is 2.48. The SMILES string of the molecule is Cc1sccc1C1(N)CC(C)CC(C)(C)C1. The van der Waals surface area contributed by atoms with E-state index in [1.165, 1.54) is 16.9 Å². The first-order chi connectivity index (χ1) is 7.32. The van der Waals surface area contributed by atoms with E-state index >= 15 is 0 Å². The lowest BCUT2D eigenvalue weighted by atomic mass is 9.62. The van der Waals surface area contributed by atoms with Crippen LogP contribution in [0.25, 0.3) is 0 Å². The summed E-state index contributed by atoms with van der Waals surface area (Å²) in [6.07, 6.45) is 3.55. The van der Waals surface area contributed by atoms with Crippen LogP contribution in [0.2, 0.25) is 0 Å². The summed E-state index contributed by atoms with van der Waals surface area (Å²) in [6, 6.07) is 2.23. The zero-order chi connectivity index (χ0) is 12.0. The predicted octanol–water partition coefficient (Wildman–Crippen LogP) is 4.06. The zero-order valence-electron chi connectivity index (χ0n) is 10.8. The highest BCUT2D eigenvalue weighted by molar-refractivity contribution is 7.10. The molecule has 2 unspecified atom stereocenters. The minimum absolute atomic E-state index is 0.0920. The lowest BCUT2D eigenvalue weighted by Crippen LogP contribution is -2.46. The predicted molar refractivity (Wildman–Crippen MR) is 71.7 cm³/mol. The standard InChI is InChI=1S/C14H23NS/c1-10-7-13(3,4)9-14(15,8-10)12-5-6-16-11(12)2/h5-6,10H,7-9,15H2,1-4H3. The van der Waals surface area contributed by atoms with Crippen LogP contribution in [0.15, 0.2) is 11.4 Å². The van der Waals surface area contributed by atoms with Gasteiger partial charge in [-0.15, -0.1) is 11.3 Å². The third-order valence-corrected chi connectivity index (χ3v) is 4.65. The fraction of sp³-hybridized carbons (Fsp3) is 0.714. The Hall–Kier alpha value is -0.340. The molecule has 1 saturated carbocycles. The molecule has 1 aromatic rings. The first-order valence-electron chi connectivity index (χ1n) is 6.16. The molecule has 1 heterocycles. The zero-order valence-corrected chi connectivity index (χ0v) is 11.7. The van der Waals surface area contributed by atoms with Crippen molar-refractivity contribution in [3.8, 4) is 0 Å². The van der Waals surface area contributed by atoms with Crippen molar-refractivity contribution in [1.82, 2.24) is 0 Å². The van der Waals surface area contributed by atoms with Gasteiger partial charge in [0.15, 0.2) is 0 Å². The molecule has 0 amide bonds. The molecule has 0 aliphatic heterocycles. The van der Waals surface area contributed by atoms with Crippen LogP contribution in [0.3, 0.4) is 0 Å². The van der Waals surface area contributed by atoms with Crippen LogP contribution in [0, 0.1) is 18.3 Å². The van der Waals surface area contributed by atoms with Crippen molar-refractivity contribution in [3.05, 3.63) is 21.9 Å². The summed E-state index contributed by atoms with van der Waals surface area (Å²) in [4.78, 5) is 1.40.